The van der Waals surface area contributed by atoms with E-state index in [1.54, 1.807) is 6.92 Å². The smallest absolute Gasteiger partial charge is 0.337 e. The average Bonchev–Trinajstić information content (AvgIpc) is 2.40. The van der Waals surface area contributed by atoms with Crippen LogP contribution in [0.25, 0.3) is 10.2 Å². The summed E-state index contributed by atoms with van der Waals surface area (Å²) in [6, 6.07) is 0. The van der Waals surface area contributed by atoms with Crippen LogP contribution >= 0.6 is 11.3 Å². The van der Waals surface area contributed by atoms with Gasteiger partial charge in [0, 0.05) is 4.88 Å². The van der Waals surface area contributed by atoms with Gasteiger partial charge in [-0.15, -0.1) is 11.3 Å². The Labute approximate surface area is 86.2 Å². The van der Waals surface area contributed by atoms with Gasteiger partial charge in [-0.25, -0.2) is 9.59 Å². The number of carbonyl (C=O) groups is 1. The number of aromatic nitrogens is 2. The zero-order valence-electron chi connectivity index (χ0n) is 7.58. The molecule has 0 fully saturated rings. The van der Waals surface area contributed by atoms with E-state index in [2.05, 4.69) is 4.98 Å². The van der Waals surface area contributed by atoms with Gasteiger partial charge in [-0.3, -0.25) is 14.8 Å². The van der Waals surface area contributed by atoms with E-state index in [-0.39, 0.29) is 10.9 Å². The van der Waals surface area contributed by atoms with Gasteiger partial charge >= 0.3 is 11.7 Å². The summed E-state index contributed by atoms with van der Waals surface area (Å²) in [5, 5.41) is 8.94. The normalized spacial score (nSPS) is 10.7. The van der Waals surface area contributed by atoms with Crippen molar-refractivity contribution in [2.24, 2.45) is 0 Å². The summed E-state index contributed by atoms with van der Waals surface area (Å²) in [4.78, 5) is 38.4. The summed E-state index contributed by atoms with van der Waals surface area (Å²) in [7, 11) is 0. The van der Waals surface area contributed by atoms with Crippen molar-refractivity contribution in [1.82, 2.24) is 9.97 Å². The fourth-order valence-corrected chi connectivity index (χ4v) is 2.45. The van der Waals surface area contributed by atoms with Gasteiger partial charge in [0.05, 0.1) is 10.9 Å². The topological polar surface area (TPSA) is 103 Å². The molecule has 0 aliphatic heterocycles. The van der Waals surface area contributed by atoms with E-state index in [0.717, 1.165) is 11.3 Å². The lowest BCUT2D eigenvalue weighted by molar-refractivity contribution is 0.0698. The van der Waals surface area contributed by atoms with E-state index in [1.165, 1.54) is 0 Å². The molecule has 0 saturated carbocycles. The zero-order valence-corrected chi connectivity index (χ0v) is 8.40. The second kappa shape index (κ2) is 3.06. The summed E-state index contributed by atoms with van der Waals surface area (Å²) >= 11 is 1.08. The first kappa shape index (κ1) is 9.66. The molecule has 0 bridgehead atoms. The Kier molecular flexibility index (Phi) is 1.97. The maximum atomic E-state index is 11.4. The molecule has 0 spiro atoms. The number of H-pyrrole nitrogens is 2. The molecular weight excluding hydrogens is 220 g/mol. The van der Waals surface area contributed by atoms with Crippen molar-refractivity contribution in [3.05, 3.63) is 31.3 Å². The molecule has 2 aromatic rings. The van der Waals surface area contributed by atoms with Gasteiger partial charge in [-0.1, -0.05) is 0 Å². The van der Waals surface area contributed by atoms with Crippen molar-refractivity contribution < 1.29 is 9.90 Å². The Morgan fingerprint density at radius 3 is 2.60 bits per heavy atom. The van der Waals surface area contributed by atoms with Crippen LogP contribution in [0.15, 0.2) is 9.59 Å². The summed E-state index contributed by atoms with van der Waals surface area (Å²) < 4.78 is 0. The Bertz CT molecular complexity index is 663. The molecule has 0 unspecified atom stereocenters. The number of carboxylic acid groups (broad SMARTS) is 1. The van der Waals surface area contributed by atoms with Gasteiger partial charge in [0.1, 0.15) is 4.83 Å². The summed E-state index contributed by atoms with van der Waals surface area (Å²) in [5.74, 6) is -1.17. The Morgan fingerprint density at radius 1 is 1.33 bits per heavy atom. The highest BCUT2D eigenvalue weighted by Gasteiger charge is 2.18. The minimum absolute atomic E-state index is 0.0320. The second-order valence-corrected chi connectivity index (χ2v) is 4.18. The third kappa shape index (κ3) is 1.37. The molecular formula is C8H6N2O4S. The molecule has 2 rings (SSSR count). The number of nitrogens with one attached hydrogen (secondary N) is 2. The summed E-state index contributed by atoms with van der Waals surface area (Å²) in [5.41, 5.74) is -1.35. The quantitative estimate of drug-likeness (QED) is 0.649. The lowest BCUT2D eigenvalue weighted by atomic mass is 10.2. The number of hydrogen-bond donors (Lipinski definition) is 3. The van der Waals surface area contributed by atoms with Crippen LogP contribution in [-0.4, -0.2) is 21.0 Å². The first-order valence-corrected chi connectivity index (χ1v) is 4.81. The SMILES string of the molecule is Cc1sc2[nH]c(=O)[nH]c(=O)c2c1C(=O)O. The van der Waals surface area contributed by atoms with Crippen LogP contribution in [0.5, 0.6) is 0 Å². The molecule has 6 nitrogen and oxygen atoms in total. The number of hydrogen-bond acceptors (Lipinski definition) is 4. The fraction of sp³-hybridized carbons (Fsp3) is 0.125. The molecule has 0 aromatic carbocycles. The monoisotopic (exact) mass is 226 g/mol. The second-order valence-electron chi connectivity index (χ2n) is 2.95. The average molecular weight is 226 g/mol. The van der Waals surface area contributed by atoms with Crippen LogP contribution in [0.2, 0.25) is 0 Å². The highest BCUT2D eigenvalue weighted by Crippen LogP contribution is 2.25. The van der Waals surface area contributed by atoms with Crippen molar-refractivity contribution in [1.29, 1.82) is 0 Å². The molecule has 0 aliphatic rings. The van der Waals surface area contributed by atoms with Crippen molar-refractivity contribution >= 4 is 27.5 Å². The van der Waals surface area contributed by atoms with E-state index < -0.39 is 17.2 Å². The number of aromatic amines is 2. The Morgan fingerprint density at radius 2 is 2.00 bits per heavy atom. The van der Waals surface area contributed by atoms with Crippen molar-refractivity contribution in [2.45, 2.75) is 6.92 Å². The molecule has 15 heavy (non-hydrogen) atoms. The van der Waals surface area contributed by atoms with E-state index in [1.807, 2.05) is 4.98 Å². The predicted molar refractivity (Wildman–Crippen MR) is 54.8 cm³/mol. The van der Waals surface area contributed by atoms with Crippen LogP contribution in [0.4, 0.5) is 0 Å². The molecule has 0 saturated heterocycles. The third-order valence-electron chi connectivity index (χ3n) is 1.98. The highest BCUT2D eigenvalue weighted by molar-refractivity contribution is 7.19. The zero-order chi connectivity index (χ0) is 11.2. The van der Waals surface area contributed by atoms with E-state index >= 15 is 0 Å². The minimum atomic E-state index is -1.17. The highest BCUT2D eigenvalue weighted by atomic mass is 32.1. The van der Waals surface area contributed by atoms with Gasteiger partial charge in [0.25, 0.3) is 5.56 Å². The van der Waals surface area contributed by atoms with Gasteiger partial charge in [0.2, 0.25) is 0 Å². The molecule has 2 heterocycles. The van der Waals surface area contributed by atoms with Crippen LogP contribution in [0.3, 0.4) is 0 Å². The maximum Gasteiger partial charge on any atom is 0.337 e. The van der Waals surface area contributed by atoms with E-state index in [0.29, 0.717) is 9.71 Å². The first-order valence-electron chi connectivity index (χ1n) is 3.99. The number of fused-ring (bicyclic) bond motifs is 1. The number of carboxylic acids is 1. The molecule has 0 radical (unpaired) electrons. The number of rotatable bonds is 1. The van der Waals surface area contributed by atoms with Crippen LogP contribution in [-0.2, 0) is 0 Å². The molecule has 0 atom stereocenters. The third-order valence-corrected chi connectivity index (χ3v) is 3.00. The molecule has 0 amide bonds. The molecule has 7 heteroatoms. The molecule has 78 valence electrons. The largest absolute Gasteiger partial charge is 0.478 e. The Hall–Kier alpha value is -1.89. The summed E-state index contributed by atoms with van der Waals surface area (Å²) in [6.07, 6.45) is 0. The maximum absolute atomic E-state index is 11.4. The lowest BCUT2D eigenvalue weighted by Gasteiger charge is -1.91. The van der Waals surface area contributed by atoms with Crippen molar-refractivity contribution in [2.75, 3.05) is 0 Å². The number of aromatic carboxylic acids is 1. The van der Waals surface area contributed by atoms with Crippen LogP contribution in [0.1, 0.15) is 15.2 Å². The number of aryl methyl sites for hydroxylation is 1. The van der Waals surface area contributed by atoms with Crippen LogP contribution in [0, 0.1) is 6.92 Å². The van der Waals surface area contributed by atoms with E-state index in [9.17, 15) is 14.4 Å². The molecule has 2 aromatic heterocycles. The molecule has 3 N–H and O–H groups in total. The van der Waals surface area contributed by atoms with E-state index in [4.69, 9.17) is 5.11 Å². The lowest BCUT2D eigenvalue weighted by Crippen LogP contribution is -2.22. The Balaban J connectivity index is 3.06. The molecule has 0 aliphatic carbocycles. The van der Waals surface area contributed by atoms with Crippen molar-refractivity contribution in [3.63, 3.8) is 0 Å². The fourth-order valence-electron chi connectivity index (χ4n) is 1.41. The minimum Gasteiger partial charge on any atom is -0.478 e. The van der Waals surface area contributed by atoms with Crippen molar-refractivity contribution in [3.8, 4) is 0 Å². The predicted octanol–water partition coefficient (Wildman–Crippen LogP) is 0.285. The van der Waals surface area contributed by atoms with Gasteiger partial charge in [-0.2, -0.15) is 0 Å². The van der Waals surface area contributed by atoms with Gasteiger partial charge in [0.15, 0.2) is 0 Å². The summed E-state index contributed by atoms with van der Waals surface area (Å²) in [6.45, 7) is 1.59. The first-order chi connectivity index (χ1) is 7.00. The van der Waals surface area contributed by atoms with Gasteiger partial charge < -0.3 is 5.11 Å². The number of thiophene rings is 1. The standard InChI is InChI=1S/C8H6N2O4S/c1-2-3(7(12)13)4-5(11)9-8(14)10-6(4)15-2/h1H3,(H,12,13)(H2,9,10,11,14). The van der Waals surface area contributed by atoms with Gasteiger partial charge in [-0.05, 0) is 6.92 Å². The van der Waals surface area contributed by atoms with Crippen LogP contribution < -0.4 is 11.2 Å².